The van der Waals surface area contributed by atoms with Crippen LogP contribution in [-0.4, -0.2) is 49.2 Å². The number of carboxylic acid groups (broad SMARTS) is 1. The number of hydrogen-bond acceptors (Lipinski definition) is 4. The molecule has 2 N–H and O–H groups in total. The first-order valence-corrected chi connectivity index (χ1v) is 7.90. The van der Waals surface area contributed by atoms with Crippen molar-refractivity contribution in [1.29, 1.82) is 0 Å². The van der Waals surface area contributed by atoms with Crippen molar-refractivity contribution in [1.82, 2.24) is 5.32 Å². The van der Waals surface area contributed by atoms with Gasteiger partial charge >= 0.3 is 5.97 Å². The highest BCUT2D eigenvalue weighted by Crippen LogP contribution is 2.31. The Bertz CT molecular complexity index is 607. The van der Waals surface area contributed by atoms with E-state index in [0.29, 0.717) is 6.54 Å². The molecule has 7 nitrogen and oxygen atoms in total. The molecule has 23 heavy (non-hydrogen) atoms. The van der Waals surface area contributed by atoms with Gasteiger partial charge in [-0.05, 0) is 28.1 Å². The zero-order valence-corrected chi connectivity index (χ0v) is 13.9. The van der Waals surface area contributed by atoms with Crippen LogP contribution in [0.25, 0.3) is 0 Å². The number of nitrogens with zero attached hydrogens (tertiary/aromatic N) is 1. The Morgan fingerprint density at radius 1 is 1.39 bits per heavy atom. The molecular formula is C15H17BrN2O5. The van der Waals surface area contributed by atoms with Crippen molar-refractivity contribution in [2.75, 3.05) is 31.2 Å². The van der Waals surface area contributed by atoms with Gasteiger partial charge in [0.05, 0.1) is 18.2 Å². The van der Waals surface area contributed by atoms with E-state index in [4.69, 9.17) is 9.84 Å². The van der Waals surface area contributed by atoms with Crippen LogP contribution >= 0.6 is 15.9 Å². The summed E-state index contributed by atoms with van der Waals surface area (Å²) in [5.74, 6) is -1.80. The van der Waals surface area contributed by atoms with E-state index >= 15 is 0 Å². The van der Waals surface area contributed by atoms with Gasteiger partial charge in [0.25, 0.3) is 0 Å². The summed E-state index contributed by atoms with van der Waals surface area (Å²) < 4.78 is 5.64. The van der Waals surface area contributed by atoms with Crippen molar-refractivity contribution in [2.24, 2.45) is 5.92 Å². The lowest BCUT2D eigenvalue weighted by atomic mass is 10.1. The zero-order chi connectivity index (χ0) is 16.8. The van der Waals surface area contributed by atoms with Gasteiger partial charge < -0.3 is 20.1 Å². The van der Waals surface area contributed by atoms with Crippen LogP contribution in [0, 0.1) is 5.92 Å². The molecule has 8 heteroatoms. The topological polar surface area (TPSA) is 95.9 Å². The van der Waals surface area contributed by atoms with E-state index in [-0.39, 0.29) is 31.4 Å². The average Bonchev–Trinajstić information content (AvgIpc) is 2.89. The molecule has 0 aliphatic carbocycles. The highest BCUT2D eigenvalue weighted by molar-refractivity contribution is 9.10. The number of ether oxygens (including phenoxy) is 1. The molecule has 0 aromatic heterocycles. The molecule has 0 bridgehead atoms. The summed E-state index contributed by atoms with van der Waals surface area (Å²) in [4.78, 5) is 36.1. The predicted octanol–water partition coefficient (Wildman–Crippen LogP) is 1.02. The number of carbonyl (C=O) groups is 3. The summed E-state index contributed by atoms with van der Waals surface area (Å²) in [6.45, 7) is 0.259. The molecular weight excluding hydrogens is 368 g/mol. The van der Waals surface area contributed by atoms with Crippen LogP contribution in [0.4, 0.5) is 5.69 Å². The fourth-order valence-corrected chi connectivity index (χ4v) is 2.84. The Hall–Kier alpha value is -1.93. The van der Waals surface area contributed by atoms with Crippen LogP contribution in [0.5, 0.6) is 0 Å². The molecule has 2 rings (SSSR count). The first-order chi connectivity index (χ1) is 11.0. The van der Waals surface area contributed by atoms with E-state index in [1.165, 1.54) is 0 Å². The van der Waals surface area contributed by atoms with Crippen LogP contribution in [-0.2, 0) is 19.1 Å². The van der Waals surface area contributed by atoms with Crippen molar-refractivity contribution >= 4 is 39.4 Å². The maximum Gasteiger partial charge on any atom is 0.329 e. The van der Waals surface area contributed by atoms with Gasteiger partial charge in [-0.1, -0.05) is 12.1 Å². The predicted molar refractivity (Wildman–Crippen MR) is 86.1 cm³/mol. The molecule has 1 unspecified atom stereocenters. The monoisotopic (exact) mass is 384 g/mol. The third kappa shape index (κ3) is 4.77. The third-order valence-corrected chi connectivity index (χ3v) is 4.08. The number of hydrogen-bond donors (Lipinski definition) is 2. The molecule has 1 aromatic rings. The standard InChI is InChI=1S/C15H17BrN2O5/c16-11-3-1-2-4-12(11)18-8-10(7-13(18)19)15(22)17-5-6-23-9-14(20)21/h1-4,10H,5-9H2,(H,17,22)(H,20,21). The van der Waals surface area contributed by atoms with Gasteiger partial charge in [0, 0.05) is 24.0 Å². The van der Waals surface area contributed by atoms with E-state index < -0.39 is 18.5 Å². The maximum absolute atomic E-state index is 12.1. The van der Waals surface area contributed by atoms with Gasteiger partial charge in [-0.2, -0.15) is 0 Å². The molecule has 1 heterocycles. The van der Waals surface area contributed by atoms with Crippen molar-refractivity contribution in [3.05, 3.63) is 28.7 Å². The molecule has 1 atom stereocenters. The summed E-state index contributed by atoms with van der Waals surface area (Å²) in [6, 6.07) is 7.35. The molecule has 0 radical (unpaired) electrons. The summed E-state index contributed by atoms with van der Waals surface area (Å²) in [5.41, 5.74) is 0.748. The smallest absolute Gasteiger partial charge is 0.329 e. The minimum atomic E-state index is -1.05. The van der Waals surface area contributed by atoms with Crippen LogP contribution < -0.4 is 10.2 Å². The molecule has 0 spiro atoms. The zero-order valence-electron chi connectivity index (χ0n) is 12.3. The minimum absolute atomic E-state index is 0.0980. The SMILES string of the molecule is O=C(O)COCCNC(=O)C1CC(=O)N(c2ccccc2Br)C1. The fourth-order valence-electron chi connectivity index (χ4n) is 2.34. The van der Waals surface area contributed by atoms with Gasteiger partial charge in [-0.3, -0.25) is 9.59 Å². The number of nitrogens with one attached hydrogen (secondary N) is 1. The maximum atomic E-state index is 12.1. The molecule has 1 fully saturated rings. The fraction of sp³-hybridized carbons (Fsp3) is 0.400. The van der Waals surface area contributed by atoms with E-state index in [1.54, 1.807) is 4.90 Å². The number of amides is 2. The van der Waals surface area contributed by atoms with Crippen molar-refractivity contribution in [2.45, 2.75) is 6.42 Å². The minimum Gasteiger partial charge on any atom is -0.480 e. The first-order valence-electron chi connectivity index (χ1n) is 7.11. The van der Waals surface area contributed by atoms with Gasteiger partial charge in [-0.15, -0.1) is 0 Å². The second-order valence-electron chi connectivity index (χ2n) is 5.09. The lowest BCUT2D eigenvalue weighted by molar-refractivity contribution is -0.142. The number of para-hydroxylation sites is 1. The Labute approximate surface area is 141 Å². The number of carbonyl (C=O) groups excluding carboxylic acids is 2. The highest BCUT2D eigenvalue weighted by Gasteiger charge is 2.35. The number of benzene rings is 1. The molecule has 124 valence electrons. The van der Waals surface area contributed by atoms with E-state index in [0.717, 1.165) is 10.2 Å². The summed E-state index contributed by atoms with van der Waals surface area (Å²) in [6.07, 6.45) is 0.156. The Morgan fingerprint density at radius 3 is 2.83 bits per heavy atom. The lowest BCUT2D eigenvalue weighted by Crippen LogP contribution is -2.35. The first kappa shape index (κ1) is 17.4. The van der Waals surface area contributed by atoms with E-state index in [2.05, 4.69) is 21.2 Å². The Kier molecular flexibility index (Phi) is 6.12. The highest BCUT2D eigenvalue weighted by atomic mass is 79.9. The number of aliphatic carboxylic acids is 1. The Morgan fingerprint density at radius 2 is 2.13 bits per heavy atom. The normalized spacial score (nSPS) is 17.3. The largest absolute Gasteiger partial charge is 0.480 e. The van der Waals surface area contributed by atoms with Crippen molar-refractivity contribution in [3.8, 4) is 0 Å². The molecule has 1 saturated heterocycles. The number of anilines is 1. The van der Waals surface area contributed by atoms with Crippen LogP contribution in [0.2, 0.25) is 0 Å². The van der Waals surface area contributed by atoms with Crippen molar-refractivity contribution in [3.63, 3.8) is 0 Å². The van der Waals surface area contributed by atoms with Gasteiger partial charge in [0.15, 0.2) is 0 Å². The molecule has 1 aliphatic heterocycles. The molecule has 0 saturated carbocycles. The molecule has 1 aromatic carbocycles. The number of halogens is 1. The number of carboxylic acids is 1. The van der Waals surface area contributed by atoms with E-state index in [1.807, 2.05) is 24.3 Å². The summed E-state index contributed by atoms with van der Waals surface area (Å²) in [5, 5.41) is 11.1. The third-order valence-electron chi connectivity index (χ3n) is 3.41. The second-order valence-corrected chi connectivity index (χ2v) is 5.95. The Balaban J connectivity index is 1.84. The summed E-state index contributed by atoms with van der Waals surface area (Å²) >= 11 is 3.40. The second kappa shape index (κ2) is 8.07. The van der Waals surface area contributed by atoms with Crippen LogP contribution in [0.1, 0.15) is 6.42 Å². The quantitative estimate of drug-likeness (QED) is 0.684. The summed E-state index contributed by atoms with van der Waals surface area (Å²) in [7, 11) is 0. The van der Waals surface area contributed by atoms with Crippen LogP contribution in [0.15, 0.2) is 28.7 Å². The molecule has 1 aliphatic rings. The van der Waals surface area contributed by atoms with Gasteiger partial charge in [0.1, 0.15) is 6.61 Å². The lowest BCUT2D eigenvalue weighted by Gasteiger charge is -2.18. The average molecular weight is 385 g/mol. The molecule has 2 amide bonds. The van der Waals surface area contributed by atoms with Gasteiger partial charge in [-0.25, -0.2) is 4.79 Å². The van der Waals surface area contributed by atoms with Crippen LogP contribution in [0.3, 0.4) is 0 Å². The van der Waals surface area contributed by atoms with Gasteiger partial charge in [0.2, 0.25) is 11.8 Å². The number of rotatable bonds is 7. The van der Waals surface area contributed by atoms with Crippen molar-refractivity contribution < 1.29 is 24.2 Å². The van der Waals surface area contributed by atoms with E-state index in [9.17, 15) is 14.4 Å².